The first-order valence-electron chi connectivity index (χ1n) is 6.04. The third kappa shape index (κ3) is 1.87. The molecular formula is C12H16N2O2S. The van der Waals surface area contributed by atoms with E-state index in [0.29, 0.717) is 24.1 Å². The average Bonchev–Trinajstić information content (AvgIpc) is 2.96. The van der Waals surface area contributed by atoms with Gasteiger partial charge in [0.05, 0.1) is 11.1 Å². The van der Waals surface area contributed by atoms with E-state index in [1.807, 2.05) is 17.2 Å². The van der Waals surface area contributed by atoms with Crippen LogP contribution in [0, 0.1) is 18.8 Å². The van der Waals surface area contributed by atoms with Crippen LogP contribution in [0.2, 0.25) is 0 Å². The number of nitrogens with zero attached hydrogens (tertiary/aromatic N) is 2. The zero-order chi connectivity index (χ0) is 12.0. The summed E-state index contributed by atoms with van der Waals surface area (Å²) >= 11 is 1.51. The van der Waals surface area contributed by atoms with Crippen LogP contribution in [-0.2, 0) is 0 Å². The smallest absolute Gasteiger partial charge is 0.273 e. The predicted molar refractivity (Wildman–Crippen MR) is 65.0 cm³/mol. The molecule has 92 valence electrons. The van der Waals surface area contributed by atoms with Crippen molar-refractivity contribution in [1.82, 2.24) is 9.88 Å². The number of hydrogen-bond donors (Lipinski definition) is 1. The highest BCUT2D eigenvalue weighted by Gasteiger charge is 2.43. The average molecular weight is 252 g/mol. The maximum atomic E-state index is 12.2. The van der Waals surface area contributed by atoms with Gasteiger partial charge in [0.15, 0.2) is 0 Å². The number of hydrogen-bond acceptors (Lipinski definition) is 4. The molecule has 1 aromatic rings. The van der Waals surface area contributed by atoms with Crippen LogP contribution < -0.4 is 0 Å². The second-order valence-electron chi connectivity index (χ2n) is 5.03. The molecule has 1 aliphatic heterocycles. The topological polar surface area (TPSA) is 53.4 Å². The molecule has 1 aromatic heterocycles. The van der Waals surface area contributed by atoms with Crippen molar-refractivity contribution >= 4 is 17.2 Å². The summed E-state index contributed by atoms with van der Waals surface area (Å²) in [7, 11) is 0. The van der Waals surface area contributed by atoms with Gasteiger partial charge in [0.2, 0.25) is 0 Å². The van der Waals surface area contributed by atoms with Crippen LogP contribution in [0.4, 0.5) is 0 Å². The van der Waals surface area contributed by atoms with Crippen LogP contribution in [0.15, 0.2) is 5.38 Å². The minimum atomic E-state index is -0.213. The largest absolute Gasteiger partial charge is 0.393 e. The molecule has 1 N–H and O–H groups in total. The van der Waals surface area contributed by atoms with Crippen LogP contribution in [-0.4, -0.2) is 40.1 Å². The number of aryl methyl sites for hydroxylation is 1. The standard InChI is InChI=1S/C12H16N2O2S/c1-7-13-10(6-17-7)12(16)14-4-8-2-3-11(15)9(8)5-14/h6,8-9,11,15H,2-5H2,1H3. The van der Waals surface area contributed by atoms with E-state index in [1.54, 1.807) is 0 Å². The van der Waals surface area contributed by atoms with Crippen molar-refractivity contribution in [3.63, 3.8) is 0 Å². The fourth-order valence-electron chi connectivity index (χ4n) is 3.03. The summed E-state index contributed by atoms with van der Waals surface area (Å²) in [5.74, 6) is 0.809. The van der Waals surface area contributed by atoms with E-state index in [0.717, 1.165) is 24.4 Å². The number of carbonyl (C=O) groups is 1. The molecule has 0 bridgehead atoms. The molecule has 0 radical (unpaired) electrons. The van der Waals surface area contributed by atoms with Crippen LogP contribution in [0.25, 0.3) is 0 Å². The Morgan fingerprint density at radius 3 is 3.00 bits per heavy atom. The number of fused-ring (bicyclic) bond motifs is 1. The molecule has 3 rings (SSSR count). The highest BCUT2D eigenvalue weighted by atomic mass is 32.1. The fraction of sp³-hybridized carbons (Fsp3) is 0.667. The summed E-state index contributed by atoms with van der Waals surface area (Å²) in [6, 6.07) is 0. The van der Waals surface area contributed by atoms with Crippen LogP contribution in [0.5, 0.6) is 0 Å². The maximum Gasteiger partial charge on any atom is 0.273 e. The Morgan fingerprint density at radius 2 is 2.35 bits per heavy atom. The number of carbonyl (C=O) groups excluding carboxylic acids is 1. The Balaban J connectivity index is 1.73. The second kappa shape index (κ2) is 4.07. The van der Waals surface area contributed by atoms with Crippen LogP contribution in [0.3, 0.4) is 0 Å². The molecule has 3 unspecified atom stereocenters. The molecular weight excluding hydrogens is 236 g/mol. The van der Waals surface area contributed by atoms with Gasteiger partial charge in [-0.1, -0.05) is 0 Å². The van der Waals surface area contributed by atoms with Crippen molar-refractivity contribution in [3.05, 3.63) is 16.1 Å². The Morgan fingerprint density at radius 1 is 1.53 bits per heavy atom. The summed E-state index contributed by atoms with van der Waals surface area (Å²) in [5, 5.41) is 12.6. The predicted octanol–water partition coefficient (Wildman–Crippen LogP) is 1.29. The first-order chi connectivity index (χ1) is 8.15. The van der Waals surface area contributed by atoms with Crippen molar-refractivity contribution < 1.29 is 9.90 Å². The van der Waals surface area contributed by atoms with E-state index in [1.165, 1.54) is 11.3 Å². The number of aliphatic hydroxyl groups excluding tert-OH is 1. The lowest BCUT2D eigenvalue weighted by atomic mass is 10.00. The number of likely N-dealkylation sites (tertiary alicyclic amines) is 1. The molecule has 1 amide bonds. The van der Waals surface area contributed by atoms with Gasteiger partial charge in [-0.05, 0) is 25.7 Å². The summed E-state index contributed by atoms with van der Waals surface area (Å²) in [5.41, 5.74) is 0.557. The van der Waals surface area contributed by atoms with Crippen LogP contribution >= 0.6 is 11.3 Å². The third-order valence-electron chi connectivity index (χ3n) is 3.94. The van der Waals surface area contributed by atoms with Crippen LogP contribution in [0.1, 0.15) is 28.3 Å². The SMILES string of the molecule is Cc1nc(C(=O)N2CC3CCC(O)C3C2)cs1. The van der Waals surface area contributed by atoms with E-state index < -0.39 is 0 Å². The molecule has 2 heterocycles. The number of aliphatic hydroxyl groups is 1. The normalized spacial score (nSPS) is 31.9. The lowest BCUT2D eigenvalue weighted by Gasteiger charge is -2.17. The molecule has 5 heteroatoms. The molecule has 1 aliphatic carbocycles. The van der Waals surface area contributed by atoms with E-state index in [2.05, 4.69) is 4.98 Å². The maximum absolute atomic E-state index is 12.2. The van der Waals surface area contributed by atoms with Gasteiger partial charge in [-0.25, -0.2) is 4.98 Å². The van der Waals surface area contributed by atoms with Gasteiger partial charge in [-0.2, -0.15) is 0 Å². The van der Waals surface area contributed by atoms with Gasteiger partial charge in [0, 0.05) is 24.4 Å². The van der Waals surface area contributed by atoms with Gasteiger partial charge < -0.3 is 10.0 Å². The molecule has 3 atom stereocenters. The number of aromatic nitrogens is 1. The quantitative estimate of drug-likeness (QED) is 0.819. The molecule has 17 heavy (non-hydrogen) atoms. The summed E-state index contributed by atoms with van der Waals surface area (Å²) in [6.07, 6.45) is 1.73. The van der Waals surface area contributed by atoms with Gasteiger partial charge in [0.25, 0.3) is 5.91 Å². The van der Waals surface area contributed by atoms with Gasteiger partial charge in [0.1, 0.15) is 5.69 Å². The molecule has 0 spiro atoms. The summed E-state index contributed by atoms with van der Waals surface area (Å²) in [6.45, 7) is 3.39. The fourth-order valence-corrected chi connectivity index (χ4v) is 3.61. The minimum Gasteiger partial charge on any atom is -0.393 e. The van der Waals surface area contributed by atoms with E-state index in [4.69, 9.17) is 0 Å². The van der Waals surface area contributed by atoms with Crippen molar-refractivity contribution in [2.75, 3.05) is 13.1 Å². The number of thiazole rings is 1. The van der Waals surface area contributed by atoms with E-state index >= 15 is 0 Å². The third-order valence-corrected chi connectivity index (χ3v) is 4.72. The highest BCUT2D eigenvalue weighted by Crippen LogP contribution is 2.38. The molecule has 1 saturated carbocycles. The van der Waals surface area contributed by atoms with E-state index in [-0.39, 0.29) is 12.0 Å². The molecule has 0 aromatic carbocycles. The van der Waals surface area contributed by atoms with E-state index in [9.17, 15) is 9.90 Å². The first kappa shape index (κ1) is 11.2. The monoisotopic (exact) mass is 252 g/mol. The summed E-state index contributed by atoms with van der Waals surface area (Å²) < 4.78 is 0. The van der Waals surface area contributed by atoms with Gasteiger partial charge in [-0.15, -0.1) is 11.3 Å². The van der Waals surface area contributed by atoms with Crippen molar-refractivity contribution in [2.24, 2.45) is 11.8 Å². The first-order valence-corrected chi connectivity index (χ1v) is 6.92. The molecule has 2 fully saturated rings. The second-order valence-corrected chi connectivity index (χ2v) is 6.09. The highest BCUT2D eigenvalue weighted by molar-refractivity contribution is 7.09. The number of rotatable bonds is 1. The Labute approximate surface area is 104 Å². The molecule has 1 saturated heterocycles. The van der Waals surface area contributed by atoms with Gasteiger partial charge in [-0.3, -0.25) is 4.79 Å². The van der Waals surface area contributed by atoms with Crippen molar-refractivity contribution in [2.45, 2.75) is 25.9 Å². The Bertz CT molecular complexity index is 445. The summed E-state index contributed by atoms with van der Waals surface area (Å²) in [4.78, 5) is 18.3. The van der Waals surface area contributed by atoms with Crippen molar-refractivity contribution in [1.29, 1.82) is 0 Å². The van der Waals surface area contributed by atoms with Crippen molar-refractivity contribution in [3.8, 4) is 0 Å². The minimum absolute atomic E-state index is 0.0240. The Kier molecular flexibility index (Phi) is 2.67. The molecule has 2 aliphatic rings. The molecule has 4 nitrogen and oxygen atoms in total. The Hall–Kier alpha value is -0.940. The number of amides is 1. The lowest BCUT2D eigenvalue weighted by molar-refractivity contribution is 0.0747. The lowest BCUT2D eigenvalue weighted by Crippen LogP contribution is -2.31. The zero-order valence-electron chi connectivity index (χ0n) is 9.80. The zero-order valence-corrected chi connectivity index (χ0v) is 10.6. The van der Waals surface area contributed by atoms with Gasteiger partial charge >= 0.3 is 0 Å².